The van der Waals surface area contributed by atoms with Crippen molar-refractivity contribution in [2.45, 2.75) is 61.7 Å². The molecule has 4 aliphatic rings. The molecule has 0 aliphatic heterocycles. The molecule has 1 aromatic carbocycles. The first-order valence-corrected chi connectivity index (χ1v) is 11.1. The molecule has 2 heterocycles. The second-order valence-corrected chi connectivity index (χ2v) is 9.86. The molecule has 4 fully saturated rings. The molecule has 0 amide bonds. The molecule has 34 heavy (non-hydrogen) atoms. The zero-order valence-electron chi connectivity index (χ0n) is 18.0. The van der Waals surface area contributed by atoms with Crippen LogP contribution in [0.1, 0.15) is 43.2 Å². The number of halogens is 4. The molecule has 178 valence electrons. The van der Waals surface area contributed by atoms with Gasteiger partial charge in [-0.15, -0.1) is 5.10 Å². The van der Waals surface area contributed by atoms with E-state index >= 15 is 8.78 Å². The summed E-state index contributed by atoms with van der Waals surface area (Å²) in [6.45, 7) is -0.793. The van der Waals surface area contributed by atoms with Crippen molar-refractivity contribution in [3.63, 3.8) is 0 Å². The quantitative estimate of drug-likeness (QED) is 0.502. The van der Waals surface area contributed by atoms with Gasteiger partial charge in [0.15, 0.2) is 5.60 Å². The zero-order chi connectivity index (χ0) is 23.8. The number of hydrogen-bond donors (Lipinski definition) is 1. The van der Waals surface area contributed by atoms with Crippen LogP contribution in [0.15, 0.2) is 42.9 Å². The summed E-state index contributed by atoms with van der Waals surface area (Å²) in [5.74, 6) is -5.43. The Kier molecular flexibility index (Phi) is 4.40. The molecule has 7 rings (SSSR count). The Morgan fingerprint density at radius 3 is 2.47 bits per heavy atom. The number of ether oxygens (including phenoxy) is 1. The second kappa shape index (κ2) is 6.97. The molecule has 0 radical (unpaired) electrons. The molecule has 7 nitrogen and oxygen atoms in total. The Bertz CT molecular complexity index is 1210. The van der Waals surface area contributed by atoms with E-state index in [1.54, 1.807) is 12.3 Å². The van der Waals surface area contributed by atoms with Crippen LogP contribution in [0, 0.1) is 17.0 Å². The monoisotopic (exact) mass is 475 g/mol. The molecule has 11 heteroatoms. The lowest BCUT2D eigenvalue weighted by molar-refractivity contribution is -0.347. The highest BCUT2D eigenvalue weighted by Crippen LogP contribution is 2.80. The maximum atomic E-state index is 16.2. The first-order chi connectivity index (χ1) is 16.2. The Labute approximate surface area is 191 Å². The number of rotatable bonds is 8. The van der Waals surface area contributed by atoms with E-state index in [4.69, 9.17) is 4.74 Å². The fourth-order valence-electron chi connectivity index (χ4n) is 5.65. The summed E-state index contributed by atoms with van der Waals surface area (Å²) < 4.78 is 67.1. The van der Waals surface area contributed by atoms with E-state index in [0.29, 0.717) is 11.9 Å². The first kappa shape index (κ1) is 21.5. The van der Waals surface area contributed by atoms with Crippen molar-refractivity contribution in [2.75, 3.05) is 0 Å². The normalized spacial score (nSPS) is 27.4. The summed E-state index contributed by atoms with van der Waals surface area (Å²) in [7, 11) is 0. The van der Waals surface area contributed by atoms with Crippen LogP contribution < -0.4 is 4.74 Å². The lowest BCUT2D eigenvalue weighted by Crippen LogP contribution is -2.76. The number of aromatic nitrogens is 5. The number of benzene rings is 1. The molecule has 0 spiro atoms. The van der Waals surface area contributed by atoms with Crippen molar-refractivity contribution in [1.29, 1.82) is 0 Å². The molecule has 4 aliphatic carbocycles. The van der Waals surface area contributed by atoms with Crippen LogP contribution >= 0.6 is 0 Å². The van der Waals surface area contributed by atoms with Gasteiger partial charge in [-0.05, 0) is 65.6 Å². The zero-order valence-corrected chi connectivity index (χ0v) is 18.0. The molecule has 2 bridgehead atoms. The highest BCUT2D eigenvalue weighted by molar-refractivity contribution is 5.42. The maximum Gasteiger partial charge on any atom is 0.287 e. The van der Waals surface area contributed by atoms with Gasteiger partial charge in [0, 0.05) is 29.3 Å². The van der Waals surface area contributed by atoms with Gasteiger partial charge < -0.3 is 9.84 Å². The van der Waals surface area contributed by atoms with Crippen LogP contribution in [-0.2, 0) is 17.6 Å². The van der Waals surface area contributed by atoms with Crippen molar-refractivity contribution in [2.24, 2.45) is 5.41 Å². The molecular formula is C23H21F4N5O2. The van der Waals surface area contributed by atoms with E-state index < -0.39 is 46.1 Å². The summed E-state index contributed by atoms with van der Waals surface area (Å²) in [5, 5.41) is 21.8. The minimum Gasteiger partial charge on any atom is -0.474 e. The number of pyridine rings is 1. The minimum atomic E-state index is -3.76. The third kappa shape index (κ3) is 2.98. The Morgan fingerprint density at radius 2 is 1.88 bits per heavy atom. The molecule has 3 aromatic rings. The summed E-state index contributed by atoms with van der Waals surface area (Å²) >= 11 is 0. The van der Waals surface area contributed by atoms with Crippen molar-refractivity contribution in [1.82, 2.24) is 25.2 Å². The Morgan fingerprint density at radius 1 is 1.12 bits per heavy atom. The van der Waals surface area contributed by atoms with Gasteiger partial charge in [-0.25, -0.2) is 27.2 Å². The highest BCUT2D eigenvalue weighted by atomic mass is 19.3. The lowest BCUT2D eigenvalue weighted by Gasteiger charge is -2.74. The van der Waals surface area contributed by atoms with Crippen molar-refractivity contribution < 1.29 is 27.4 Å². The largest absolute Gasteiger partial charge is 0.474 e. The number of aliphatic hydroxyl groups is 1. The van der Waals surface area contributed by atoms with Gasteiger partial charge in [-0.2, -0.15) is 0 Å². The fraction of sp³-hybridized carbons (Fsp3) is 0.478. The predicted molar refractivity (Wildman–Crippen MR) is 109 cm³/mol. The van der Waals surface area contributed by atoms with Gasteiger partial charge in [0.2, 0.25) is 5.88 Å². The maximum absolute atomic E-state index is 16.2. The molecule has 0 unspecified atom stereocenters. The second-order valence-electron chi connectivity index (χ2n) is 9.86. The van der Waals surface area contributed by atoms with Crippen molar-refractivity contribution >= 4 is 0 Å². The number of nitrogens with zero attached hydrogens (tertiary/aromatic N) is 5. The molecule has 4 saturated carbocycles. The SMILES string of the molecule is O[C@@](Cn1cnnn1)(c1ccc(F)cc1F)C(F)(F)C12CC(c3ccc(OC4CC4)nc3)(C1)C2. The molecule has 1 N–H and O–H groups in total. The number of hydrogen-bond acceptors (Lipinski definition) is 6. The van der Waals surface area contributed by atoms with Crippen molar-refractivity contribution in [3.8, 4) is 5.88 Å². The standard InChI is InChI=1S/C23H21F4N5O2/c24-15-2-5-17(18(25)7-15)22(33,12-32-13-29-30-31-32)23(26,27)21-9-20(10-21,11-21)14-1-6-19(28-8-14)34-16-3-4-16/h1-2,5-8,13,16,33H,3-4,9-12H2/t20?,21?,22-/m0/s1. The Hall–Kier alpha value is -3.08. The van der Waals surface area contributed by atoms with Crippen LogP contribution in [0.2, 0.25) is 0 Å². The van der Waals surface area contributed by atoms with Gasteiger partial charge >= 0.3 is 0 Å². The summed E-state index contributed by atoms with van der Waals surface area (Å²) in [4.78, 5) is 4.31. The molecular weight excluding hydrogens is 454 g/mol. The van der Waals surface area contributed by atoms with Crippen LogP contribution in [0.4, 0.5) is 17.6 Å². The van der Waals surface area contributed by atoms with Gasteiger partial charge in [0.1, 0.15) is 24.1 Å². The van der Waals surface area contributed by atoms with Crippen molar-refractivity contribution in [3.05, 3.63) is 65.6 Å². The number of alkyl halides is 2. The van der Waals surface area contributed by atoms with Crippen LogP contribution in [0.5, 0.6) is 5.88 Å². The summed E-state index contributed by atoms with van der Waals surface area (Å²) in [5.41, 5.74) is -4.86. The summed E-state index contributed by atoms with van der Waals surface area (Å²) in [6.07, 6.45) is 5.27. The first-order valence-electron chi connectivity index (χ1n) is 11.1. The van der Waals surface area contributed by atoms with Gasteiger partial charge in [-0.1, -0.05) is 6.07 Å². The lowest BCUT2D eigenvalue weighted by atomic mass is 9.30. The van der Waals surface area contributed by atoms with Crippen LogP contribution in [0.3, 0.4) is 0 Å². The van der Waals surface area contributed by atoms with E-state index in [-0.39, 0.29) is 25.4 Å². The van der Waals surface area contributed by atoms with Crippen LogP contribution in [-0.4, -0.2) is 42.3 Å². The molecule has 1 atom stereocenters. The third-order valence-electron chi connectivity index (χ3n) is 7.54. The minimum absolute atomic E-state index is 0.109. The average molecular weight is 475 g/mol. The van der Waals surface area contributed by atoms with E-state index in [9.17, 15) is 13.9 Å². The summed E-state index contributed by atoms with van der Waals surface area (Å²) in [6, 6.07) is 5.78. The highest BCUT2D eigenvalue weighted by Gasteiger charge is 2.82. The van der Waals surface area contributed by atoms with E-state index in [0.717, 1.165) is 41.5 Å². The smallest absolute Gasteiger partial charge is 0.287 e. The van der Waals surface area contributed by atoms with E-state index in [2.05, 4.69) is 20.5 Å². The predicted octanol–water partition coefficient (Wildman–Crippen LogP) is 3.53. The van der Waals surface area contributed by atoms with E-state index in [1.165, 1.54) is 0 Å². The number of tetrazole rings is 1. The third-order valence-corrected chi connectivity index (χ3v) is 7.54. The molecule has 0 saturated heterocycles. The molecule has 2 aromatic heterocycles. The van der Waals surface area contributed by atoms with Gasteiger partial charge in [-0.3, -0.25) is 0 Å². The van der Waals surface area contributed by atoms with Crippen LogP contribution in [0.25, 0.3) is 0 Å². The van der Waals surface area contributed by atoms with E-state index in [1.807, 2.05) is 6.07 Å². The Balaban J connectivity index is 1.29. The van der Waals surface area contributed by atoms with Gasteiger partial charge in [0.25, 0.3) is 5.92 Å². The van der Waals surface area contributed by atoms with Gasteiger partial charge in [0.05, 0.1) is 6.54 Å². The fourth-order valence-corrected chi connectivity index (χ4v) is 5.65. The average Bonchev–Trinajstić information content (AvgIpc) is 3.39. The topological polar surface area (TPSA) is 86.0 Å².